The number of benzene rings is 2. The van der Waals surface area contributed by atoms with Crippen molar-refractivity contribution in [1.29, 1.82) is 0 Å². The Morgan fingerprint density at radius 1 is 0.931 bits per heavy atom. The normalized spacial score (nSPS) is 10.0. The first-order chi connectivity index (χ1) is 14.2. The van der Waals surface area contributed by atoms with Crippen LogP contribution >= 0.6 is 0 Å². The van der Waals surface area contributed by atoms with Crippen LogP contribution in [0.1, 0.15) is 43.9 Å². The lowest BCUT2D eigenvalue weighted by molar-refractivity contribution is 0.289. The number of nitrogens with zero attached hydrogens (tertiary/aromatic N) is 3. The SMILES string of the molecule is CCCCCCOc1ccccc1O.COc1ccc(Cc2ccnnn2)cc1. The van der Waals surface area contributed by atoms with Gasteiger partial charge in [0.1, 0.15) is 5.75 Å². The summed E-state index contributed by atoms with van der Waals surface area (Å²) in [5.41, 5.74) is 2.09. The average molecular weight is 396 g/mol. The molecule has 0 bridgehead atoms. The fourth-order valence-electron chi connectivity index (χ4n) is 2.60. The molecule has 1 heterocycles. The molecule has 2 aromatic carbocycles. The molecule has 0 aliphatic carbocycles. The Morgan fingerprint density at radius 2 is 1.72 bits per heavy atom. The molecule has 0 radical (unpaired) electrons. The van der Waals surface area contributed by atoms with Crippen molar-refractivity contribution in [3.8, 4) is 17.2 Å². The summed E-state index contributed by atoms with van der Waals surface area (Å²) in [6.45, 7) is 2.88. The number of phenols is 1. The van der Waals surface area contributed by atoms with Crippen molar-refractivity contribution in [1.82, 2.24) is 15.4 Å². The number of para-hydroxylation sites is 2. The summed E-state index contributed by atoms with van der Waals surface area (Å²) in [4.78, 5) is 0. The van der Waals surface area contributed by atoms with E-state index in [2.05, 4.69) is 22.3 Å². The maximum Gasteiger partial charge on any atom is 0.160 e. The number of rotatable bonds is 9. The summed E-state index contributed by atoms with van der Waals surface area (Å²) in [5, 5.41) is 20.5. The first-order valence-corrected chi connectivity index (χ1v) is 9.90. The quantitative estimate of drug-likeness (QED) is 0.523. The molecule has 29 heavy (non-hydrogen) atoms. The highest BCUT2D eigenvalue weighted by Gasteiger charge is 1.99. The van der Waals surface area contributed by atoms with Crippen LogP contribution in [0.4, 0.5) is 0 Å². The molecular formula is C23H29N3O3. The molecule has 0 aliphatic rings. The molecule has 154 valence electrons. The summed E-state index contributed by atoms with van der Waals surface area (Å²) in [5.74, 6) is 1.67. The zero-order chi connectivity index (χ0) is 20.7. The van der Waals surface area contributed by atoms with E-state index in [4.69, 9.17) is 9.47 Å². The van der Waals surface area contributed by atoms with E-state index in [9.17, 15) is 5.11 Å². The highest BCUT2D eigenvalue weighted by molar-refractivity contribution is 5.37. The molecule has 0 unspecified atom stereocenters. The van der Waals surface area contributed by atoms with E-state index in [0.29, 0.717) is 12.4 Å². The van der Waals surface area contributed by atoms with Crippen LogP contribution in [-0.2, 0) is 6.42 Å². The predicted octanol–water partition coefficient (Wildman–Crippen LogP) is 4.82. The van der Waals surface area contributed by atoms with E-state index in [1.54, 1.807) is 31.5 Å². The van der Waals surface area contributed by atoms with Gasteiger partial charge in [-0.2, -0.15) is 0 Å². The van der Waals surface area contributed by atoms with E-state index in [0.717, 1.165) is 24.3 Å². The van der Waals surface area contributed by atoms with Crippen molar-refractivity contribution < 1.29 is 14.6 Å². The van der Waals surface area contributed by atoms with Gasteiger partial charge in [0.05, 0.1) is 25.6 Å². The molecule has 6 heteroatoms. The summed E-state index contributed by atoms with van der Waals surface area (Å²) >= 11 is 0. The Hall–Kier alpha value is -3.15. The van der Waals surface area contributed by atoms with Gasteiger partial charge >= 0.3 is 0 Å². The predicted molar refractivity (Wildman–Crippen MR) is 113 cm³/mol. The van der Waals surface area contributed by atoms with Gasteiger partial charge in [0, 0.05) is 6.42 Å². The zero-order valence-corrected chi connectivity index (χ0v) is 17.1. The number of aromatic nitrogens is 3. The highest BCUT2D eigenvalue weighted by atomic mass is 16.5. The molecule has 0 fully saturated rings. The molecule has 3 rings (SSSR count). The number of methoxy groups -OCH3 is 1. The maximum absolute atomic E-state index is 9.39. The van der Waals surface area contributed by atoms with Crippen LogP contribution in [0.15, 0.2) is 60.8 Å². The molecular weight excluding hydrogens is 366 g/mol. The highest BCUT2D eigenvalue weighted by Crippen LogP contribution is 2.24. The van der Waals surface area contributed by atoms with Crippen LogP contribution < -0.4 is 9.47 Å². The topological polar surface area (TPSA) is 77.4 Å². The lowest BCUT2D eigenvalue weighted by atomic mass is 10.1. The molecule has 1 N–H and O–H groups in total. The number of hydrogen-bond acceptors (Lipinski definition) is 6. The standard InChI is InChI=1S/C12H18O2.C11H11N3O/c1-2-3-4-7-10-14-12-9-6-5-8-11(12)13;1-15-11-4-2-9(3-5-11)8-10-6-7-12-14-13-10/h5-6,8-9,13H,2-4,7,10H2,1H3;2-7H,8H2,1H3. The van der Waals surface area contributed by atoms with Crippen LogP contribution in [0.2, 0.25) is 0 Å². The van der Waals surface area contributed by atoms with Crippen molar-refractivity contribution in [3.05, 3.63) is 72.1 Å². The van der Waals surface area contributed by atoms with Gasteiger partial charge in [0.15, 0.2) is 11.5 Å². The van der Waals surface area contributed by atoms with E-state index < -0.39 is 0 Å². The zero-order valence-electron chi connectivity index (χ0n) is 17.1. The third kappa shape index (κ3) is 8.60. The van der Waals surface area contributed by atoms with Crippen LogP contribution in [0, 0.1) is 0 Å². The molecule has 0 atom stereocenters. The first-order valence-electron chi connectivity index (χ1n) is 9.90. The summed E-state index contributed by atoms with van der Waals surface area (Å²) in [7, 11) is 1.66. The van der Waals surface area contributed by atoms with Crippen molar-refractivity contribution in [2.45, 2.75) is 39.0 Å². The molecule has 6 nitrogen and oxygen atoms in total. The summed E-state index contributed by atoms with van der Waals surface area (Å²) < 4.78 is 10.5. The van der Waals surface area contributed by atoms with Gasteiger partial charge in [-0.1, -0.05) is 50.5 Å². The Labute approximate surface area is 172 Å². The Morgan fingerprint density at radius 3 is 2.38 bits per heavy atom. The van der Waals surface area contributed by atoms with Crippen molar-refractivity contribution in [2.75, 3.05) is 13.7 Å². The van der Waals surface area contributed by atoms with Crippen molar-refractivity contribution in [2.24, 2.45) is 0 Å². The third-order valence-corrected chi connectivity index (χ3v) is 4.22. The minimum absolute atomic E-state index is 0.225. The van der Waals surface area contributed by atoms with Gasteiger partial charge in [-0.15, -0.1) is 10.2 Å². The second-order valence-electron chi connectivity index (χ2n) is 6.51. The number of phenolic OH excluding ortho intramolecular Hbond substituents is 1. The van der Waals surface area contributed by atoms with Gasteiger partial charge < -0.3 is 14.6 Å². The third-order valence-electron chi connectivity index (χ3n) is 4.22. The maximum atomic E-state index is 9.39. The van der Waals surface area contributed by atoms with E-state index in [-0.39, 0.29) is 5.75 Å². The van der Waals surface area contributed by atoms with Crippen LogP contribution in [0.5, 0.6) is 17.2 Å². The Kier molecular flexibility index (Phi) is 10.0. The van der Waals surface area contributed by atoms with E-state index in [1.807, 2.05) is 36.4 Å². The van der Waals surface area contributed by atoms with Gasteiger partial charge in [0.25, 0.3) is 0 Å². The monoisotopic (exact) mass is 395 g/mol. The minimum atomic E-state index is 0.225. The van der Waals surface area contributed by atoms with Gasteiger partial charge in [0.2, 0.25) is 0 Å². The second kappa shape index (κ2) is 13.1. The molecule has 0 spiro atoms. The fourth-order valence-corrected chi connectivity index (χ4v) is 2.60. The molecule has 0 saturated heterocycles. The first kappa shape index (κ1) is 22.1. The lowest BCUT2D eigenvalue weighted by Gasteiger charge is -2.06. The van der Waals surface area contributed by atoms with E-state index in [1.165, 1.54) is 24.8 Å². The van der Waals surface area contributed by atoms with Gasteiger partial charge in [-0.25, -0.2) is 0 Å². The molecule has 0 saturated carbocycles. The van der Waals surface area contributed by atoms with Crippen molar-refractivity contribution in [3.63, 3.8) is 0 Å². The molecule has 1 aromatic heterocycles. The Bertz CT molecular complexity index is 811. The Balaban J connectivity index is 0.000000208. The van der Waals surface area contributed by atoms with Crippen molar-refractivity contribution >= 4 is 0 Å². The smallest absolute Gasteiger partial charge is 0.160 e. The second-order valence-corrected chi connectivity index (χ2v) is 6.51. The van der Waals surface area contributed by atoms with Gasteiger partial charge in [-0.05, 0) is 47.5 Å². The summed E-state index contributed by atoms with van der Waals surface area (Å²) in [6.07, 6.45) is 7.15. The molecule has 0 amide bonds. The number of hydrogen-bond donors (Lipinski definition) is 1. The number of aromatic hydroxyl groups is 1. The molecule has 0 aliphatic heterocycles. The van der Waals surface area contributed by atoms with Gasteiger partial charge in [-0.3, -0.25) is 0 Å². The number of unbranched alkanes of at least 4 members (excludes halogenated alkanes) is 3. The molecule has 3 aromatic rings. The minimum Gasteiger partial charge on any atom is -0.504 e. The fraction of sp³-hybridized carbons (Fsp3) is 0.348. The van der Waals surface area contributed by atoms with Crippen LogP contribution in [-0.4, -0.2) is 34.2 Å². The number of ether oxygens (including phenoxy) is 2. The average Bonchev–Trinajstić information content (AvgIpc) is 2.77. The van der Waals surface area contributed by atoms with Crippen LogP contribution in [0.3, 0.4) is 0 Å². The summed E-state index contributed by atoms with van der Waals surface area (Å²) in [6, 6.07) is 16.8. The largest absolute Gasteiger partial charge is 0.504 e. The van der Waals surface area contributed by atoms with Crippen LogP contribution in [0.25, 0.3) is 0 Å². The lowest BCUT2D eigenvalue weighted by Crippen LogP contribution is -1.97. The van der Waals surface area contributed by atoms with E-state index >= 15 is 0 Å².